The Labute approximate surface area is 131 Å². The number of hydrogen-bond donors (Lipinski definition) is 1. The number of aromatic carboxylic acids is 1. The zero-order valence-corrected chi connectivity index (χ0v) is 12.7. The van der Waals surface area contributed by atoms with Crippen LogP contribution in [0.5, 0.6) is 5.75 Å². The molecule has 1 aromatic heterocycles. The van der Waals surface area contributed by atoms with Crippen LogP contribution in [0.4, 0.5) is 0 Å². The van der Waals surface area contributed by atoms with Gasteiger partial charge in [0.2, 0.25) is 0 Å². The highest BCUT2D eigenvalue weighted by Gasteiger charge is 2.17. The van der Waals surface area contributed by atoms with Crippen LogP contribution in [0.25, 0.3) is 0 Å². The molecule has 0 atom stereocenters. The fourth-order valence-electron chi connectivity index (χ4n) is 1.86. The van der Waals surface area contributed by atoms with Crippen LogP contribution in [0, 0.1) is 0 Å². The fraction of sp³-hybridized carbons (Fsp3) is 0.308. The Morgan fingerprint density at radius 3 is 2.81 bits per heavy atom. The number of rotatable bonds is 6. The van der Waals surface area contributed by atoms with E-state index < -0.39 is 5.97 Å². The van der Waals surface area contributed by atoms with Crippen molar-refractivity contribution in [2.75, 3.05) is 6.61 Å². The number of halogens is 2. The lowest BCUT2D eigenvalue weighted by atomic mass is 10.2. The van der Waals surface area contributed by atoms with Gasteiger partial charge in [0.05, 0.1) is 17.3 Å². The van der Waals surface area contributed by atoms with Crippen molar-refractivity contribution >= 4 is 29.2 Å². The van der Waals surface area contributed by atoms with E-state index in [1.54, 1.807) is 18.2 Å². The third-order valence-electron chi connectivity index (χ3n) is 2.83. The molecule has 0 fully saturated rings. The molecule has 0 aliphatic heterocycles. The molecule has 0 saturated carbocycles. The van der Waals surface area contributed by atoms with Gasteiger partial charge < -0.3 is 9.84 Å². The number of carboxylic acids is 1. The van der Waals surface area contributed by atoms with Crippen LogP contribution in [0.15, 0.2) is 18.2 Å². The van der Waals surface area contributed by atoms with Crippen LogP contribution < -0.4 is 4.74 Å². The molecule has 6 nitrogen and oxygen atoms in total. The minimum atomic E-state index is -1.08. The minimum absolute atomic E-state index is 0.0259. The Morgan fingerprint density at radius 1 is 1.43 bits per heavy atom. The lowest BCUT2D eigenvalue weighted by Gasteiger charge is -2.09. The standard InChI is InChI=1S/C13H13Cl2N3O3/c1-2-10-12(13(19)20)16-17-18(10)5-6-21-11-4-3-8(14)7-9(11)15/h3-4,7H,2,5-6H2,1H3,(H,19,20). The first-order valence-corrected chi connectivity index (χ1v) is 7.02. The summed E-state index contributed by atoms with van der Waals surface area (Å²) in [6, 6.07) is 4.95. The molecule has 1 N–H and O–H groups in total. The average molecular weight is 330 g/mol. The highest BCUT2D eigenvalue weighted by molar-refractivity contribution is 6.35. The van der Waals surface area contributed by atoms with E-state index in [-0.39, 0.29) is 12.3 Å². The summed E-state index contributed by atoms with van der Waals surface area (Å²) >= 11 is 11.8. The topological polar surface area (TPSA) is 77.2 Å². The zero-order valence-electron chi connectivity index (χ0n) is 11.2. The second-order valence-electron chi connectivity index (χ2n) is 4.19. The first-order valence-electron chi connectivity index (χ1n) is 6.26. The molecule has 1 aromatic carbocycles. The van der Waals surface area contributed by atoms with Crippen LogP contribution in [0.1, 0.15) is 23.1 Å². The molecule has 0 unspecified atom stereocenters. The summed E-state index contributed by atoms with van der Waals surface area (Å²) in [4.78, 5) is 11.0. The van der Waals surface area contributed by atoms with Crippen molar-refractivity contribution in [3.63, 3.8) is 0 Å². The third kappa shape index (κ3) is 3.65. The van der Waals surface area contributed by atoms with Crippen molar-refractivity contribution in [3.05, 3.63) is 39.6 Å². The summed E-state index contributed by atoms with van der Waals surface area (Å²) in [5, 5.41) is 17.4. The molecule has 8 heteroatoms. The molecule has 21 heavy (non-hydrogen) atoms. The Hall–Kier alpha value is -1.79. The van der Waals surface area contributed by atoms with E-state index in [9.17, 15) is 4.79 Å². The van der Waals surface area contributed by atoms with Crippen molar-refractivity contribution in [3.8, 4) is 5.75 Å². The Balaban J connectivity index is 2.02. The second kappa shape index (κ2) is 6.78. The van der Waals surface area contributed by atoms with E-state index >= 15 is 0 Å². The van der Waals surface area contributed by atoms with Crippen molar-refractivity contribution < 1.29 is 14.6 Å². The van der Waals surface area contributed by atoms with Gasteiger partial charge in [0.15, 0.2) is 5.69 Å². The van der Waals surface area contributed by atoms with E-state index in [2.05, 4.69) is 10.3 Å². The molecular weight excluding hydrogens is 317 g/mol. The zero-order chi connectivity index (χ0) is 15.4. The molecule has 1 heterocycles. The number of benzene rings is 1. The average Bonchev–Trinajstić information content (AvgIpc) is 2.84. The molecule has 112 valence electrons. The molecule has 0 aliphatic rings. The Bertz CT molecular complexity index is 658. The SMILES string of the molecule is CCc1c(C(=O)O)nnn1CCOc1ccc(Cl)cc1Cl. The minimum Gasteiger partial charge on any atom is -0.490 e. The summed E-state index contributed by atoms with van der Waals surface area (Å²) in [6.07, 6.45) is 0.524. The van der Waals surface area contributed by atoms with Gasteiger partial charge in [0.1, 0.15) is 12.4 Å². The second-order valence-corrected chi connectivity index (χ2v) is 5.03. The molecule has 0 bridgehead atoms. The van der Waals surface area contributed by atoms with Crippen LogP contribution in [0.2, 0.25) is 10.0 Å². The number of nitrogens with zero attached hydrogens (tertiary/aromatic N) is 3. The van der Waals surface area contributed by atoms with Crippen LogP contribution in [-0.4, -0.2) is 32.7 Å². The van der Waals surface area contributed by atoms with Gasteiger partial charge in [0.25, 0.3) is 0 Å². The molecule has 0 saturated heterocycles. The normalized spacial score (nSPS) is 10.6. The van der Waals surface area contributed by atoms with E-state index in [0.29, 0.717) is 34.5 Å². The van der Waals surface area contributed by atoms with E-state index in [0.717, 1.165) is 0 Å². The molecule has 0 radical (unpaired) electrons. The molecule has 0 amide bonds. The summed E-state index contributed by atoms with van der Waals surface area (Å²) < 4.78 is 7.06. The highest BCUT2D eigenvalue weighted by atomic mass is 35.5. The van der Waals surface area contributed by atoms with Crippen molar-refractivity contribution in [2.45, 2.75) is 19.9 Å². The van der Waals surface area contributed by atoms with Crippen molar-refractivity contribution in [1.82, 2.24) is 15.0 Å². The monoisotopic (exact) mass is 329 g/mol. The van der Waals surface area contributed by atoms with Gasteiger partial charge in [0, 0.05) is 5.02 Å². The number of hydrogen-bond acceptors (Lipinski definition) is 4. The predicted molar refractivity (Wildman–Crippen MR) is 78.3 cm³/mol. The quantitative estimate of drug-likeness (QED) is 0.881. The van der Waals surface area contributed by atoms with Gasteiger partial charge in [-0.3, -0.25) is 0 Å². The van der Waals surface area contributed by atoms with Gasteiger partial charge in [-0.1, -0.05) is 35.3 Å². The molecule has 2 aromatic rings. The Morgan fingerprint density at radius 2 is 2.19 bits per heavy atom. The van der Waals surface area contributed by atoms with Crippen molar-refractivity contribution in [2.24, 2.45) is 0 Å². The summed E-state index contributed by atoms with van der Waals surface area (Å²) in [6.45, 7) is 2.51. The van der Waals surface area contributed by atoms with Crippen LogP contribution in [-0.2, 0) is 13.0 Å². The summed E-state index contributed by atoms with van der Waals surface area (Å²) in [5.41, 5.74) is 0.537. The number of ether oxygens (including phenoxy) is 1. The maximum atomic E-state index is 11.0. The van der Waals surface area contributed by atoms with Crippen LogP contribution >= 0.6 is 23.2 Å². The van der Waals surface area contributed by atoms with Gasteiger partial charge in [-0.15, -0.1) is 5.10 Å². The summed E-state index contributed by atoms with van der Waals surface area (Å²) in [5.74, 6) is -0.572. The third-order valence-corrected chi connectivity index (χ3v) is 3.36. The number of aromatic nitrogens is 3. The molecule has 0 spiro atoms. The predicted octanol–water partition coefficient (Wildman–Crippen LogP) is 2.92. The van der Waals surface area contributed by atoms with Crippen LogP contribution in [0.3, 0.4) is 0 Å². The number of carbonyl (C=O) groups is 1. The van der Waals surface area contributed by atoms with E-state index in [1.165, 1.54) is 4.68 Å². The first-order chi connectivity index (χ1) is 10.0. The van der Waals surface area contributed by atoms with E-state index in [1.807, 2.05) is 6.92 Å². The van der Waals surface area contributed by atoms with E-state index in [4.69, 9.17) is 33.0 Å². The van der Waals surface area contributed by atoms with Gasteiger partial charge in [-0.05, 0) is 24.6 Å². The van der Waals surface area contributed by atoms with Gasteiger partial charge in [-0.2, -0.15) is 0 Å². The lowest BCUT2D eigenvalue weighted by Crippen LogP contribution is -2.13. The summed E-state index contributed by atoms with van der Waals surface area (Å²) in [7, 11) is 0. The first kappa shape index (κ1) is 15.6. The van der Waals surface area contributed by atoms with Gasteiger partial charge in [-0.25, -0.2) is 9.48 Å². The Kier molecular flexibility index (Phi) is 5.03. The molecule has 2 rings (SSSR count). The maximum absolute atomic E-state index is 11.0. The fourth-order valence-corrected chi connectivity index (χ4v) is 2.33. The molecular formula is C13H13Cl2N3O3. The van der Waals surface area contributed by atoms with Gasteiger partial charge >= 0.3 is 5.97 Å². The number of carboxylic acid groups (broad SMARTS) is 1. The maximum Gasteiger partial charge on any atom is 0.358 e. The smallest absolute Gasteiger partial charge is 0.358 e. The largest absolute Gasteiger partial charge is 0.490 e. The van der Waals surface area contributed by atoms with Crippen molar-refractivity contribution in [1.29, 1.82) is 0 Å². The highest BCUT2D eigenvalue weighted by Crippen LogP contribution is 2.27. The molecule has 0 aliphatic carbocycles. The lowest BCUT2D eigenvalue weighted by molar-refractivity contribution is 0.0689.